The smallest absolute Gasteiger partial charge is 0.330 e. The van der Waals surface area contributed by atoms with Gasteiger partial charge in [-0.15, -0.1) is 11.8 Å². The number of carbonyl (C=O) groups is 2. The molecule has 0 saturated carbocycles. The van der Waals surface area contributed by atoms with E-state index in [2.05, 4.69) is 5.32 Å². The van der Waals surface area contributed by atoms with E-state index in [9.17, 15) is 9.59 Å². The van der Waals surface area contributed by atoms with Gasteiger partial charge in [0.1, 0.15) is 6.04 Å². The van der Waals surface area contributed by atoms with Crippen LogP contribution in [-0.4, -0.2) is 60.1 Å². The number of thioether (sulfide) groups is 1. The van der Waals surface area contributed by atoms with E-state index in [1.54, 1.807) is 23.6 Å². The van der Waals surface area contributed by atoms with Crippen LogP contribution < -0.4 is 5.32 Å². The normalized spacial score (nSPS) is 28.2. The number of amides is 1. The highest BCUT2D eigenvalue weighted by Gasteiger charge is 2.37. The van der Waals surface area contributed by atoms with Gasteiger partial charge in [-0.3, -0.25) is 4.79 Å². The average molecular weight is 272 g/mol. The van der Waals surface area contributed by atoms with Crippen molar-refractivity contribution in [3.8, 4) is 0 Å². The maximum absolute atomic E-state index is 12.4. The molecular weight excluding hydrogens is 252 g/mol. The molecule has 2 rings (SSSR count). The van der Waals surface area contributed by atoms with Gasteiger partial charge in [-0.25, -0.2) is 4.79 Å². The third-order valence-corrected chi connectivity index (χ3v) is 4.65. The second kappa shape index (κ2) is 6.43. The lowest BCUT2D eigenvalue weighted by Crippen LogP contribution is -2.58. The van der Waals surface area contributed by atoms with Crippen LogP contribution in [0.15, 0.2) is 0 Å². The van der Waals surface area contributed by atoms with Crippen LogP contribution in [0.1, 0.15) is 19.8 Å². The molecule has 0 aliphatic carbocycles. The highest BCUT2D eigenvalue weighted by Crippen LogP contribution is 2.28. The summed E-state index contributed by atoms with van der Waals surface area (Å²) in [6.45, 7) is 3.99. The van der Waals surface area contributed by atoms with Gasteiger partial charge in [0.15, 0.2) is 0 Å². The molecule has 0 radical (unpaired) electrons. The summed E-state index contributed by atoms with van der Waals surface area (Å²) >= 11 is 1.71. The largest absolute Gasteiger partial charge is 0.464 e. The second-order valence-electron chi connectivity index (χ2n) is 4.51. The lowest BCUT2D eigenvalue weighted by molar-refractivity contribution is -0.155. The summed E-state index contributed by atoms with van der Waals surface area (Å²) in [6, 6.07) is -0.451. The van der Waals surface area contributed by atoms with Gasteiger partial charge in [-0.1, -0.05) is 0 Å². The fraction of sp³-hybridized carbons (Fsp3) is 0.833. The van der Waals surface area contributed by atoms with Gasteiger partial charge in [0.2, 0.25) is 5.91 Å². The van der Waals surface area contributed by atoms with Crippen molar-refractivity contribution >= 4 is 23.6 Å². The van der Waals surface area contributed by atoms with Crippen molar-refractivity contribution in [3.63, 3.8) is 0 Å². The predicted octanol–water partition coefficient (Wildman–Crippen LogP) is 0.246. The molecule has 102 valence electrons. The molecule has 2 heterocycles. The van der Waals surface area contributed by atoms with E-state index in [1.807, 2.05) is 0 Å². The van der Waals surface area contributed by atoms with E-state index in [0.717, 1.165) is 25.1 Å². The fourth-order valence-corrected chi connectivity index (χ4v) is 3.60. The first-order chi connectivity index (χ1) is 8.74. The summed E-state index contributed by atoms with van der Waals surface area (Å²) in [5, 5.41) is 3.19. The number of rotatable bonds is 3. The second-order valence-corrected chi connectivity index (χ2v) is 5.82. The number of hydrogen-bond donors (Lipinski definition) is 1. The number of esters is 1. The summed E-state index contributed by atoms with van der Waals surface area (Å²) in [6.07, 6.45) is 2.03. The quantitative estimate of drug-likeness (QED) is 0.746. The Labute approximate surface area is 112 Å². The number of nitrogens with zero attached hydrogens (tertiary/aromatic N) is 1. The number of nitrogens with one attached hydrogen (secondary N) is 1. The molecule has 2 aliphatic heterocycles. The first kappa shape index (κ1) is 13.7. The summed E-state index contributed by atoms with van der Waals surface area (Å²) in [5.74, 6) is 0.866. The molecule has 0 bridgehead atoms. The zero-order valence-corrected chi connectivity index (χ0v) is 11.5. The summed E-state index contributed by atoms with van der Waals surface area (Å²) in [5.41, 5.74) is 0. The number of ether oxygens (including phenoxy) is 1. The molecule has 0 spiro atoms. The maximum Gasteiger partial charge on any atom is 0.330 e. The summed E-state index contributed by atoms with van der Waals surface area (Å²) in [4.78, 5) is 26.0. The van der Waals surface area contributed by atoms with Crippen LogP contribution in [0.25, 0.3) is 0 Å². The molecule has 2 saturated heterocycles. The average Bonchev–Trinajstić information content (AvgIpc) is 2.92. The Morgan fingerprint density at radius 1 is 1.50 bits per heavy atom. The molecule has 6 heteroatoms. The SMILES string of the molecule is CCOC(=O)C1CNCCN1C(=O)C1CCCS1. The highest BCUT2D eigenvalue weighted by molar-refractivity contribution is 8.00. The molecule has 0 aromatic heterocycles. The third kappa shape index (κ3) is 2.98. The van der Waals surface area contributed by atoms with E-state index >= 15 is 0 Å². The molecule has 2 atom stereocenters. The van der Waals surface area contributed by atoms with Crippen LogP contribution in [0.5, 0.6) is 0 Å². The van der Waals surface area contributed by atoms with Crippen molar-refractivity contribution < 1.29 is 14.3 Å². The predicted molar refractivity (Wildman–Crippen MR) is 70.5 cm³/mol. The monoisotopic (exact) mass is 272 g/mol. The number of piperazine rings is 1. The third-order valence-electron chi connectivity index (χ3n) is 3.29. The molecule has 5 nitrogen and oxygen atoms in total. The lowest BCUT2D eigenvalue weighted by atomic mass is 10.1. The minimum Gasteiger partial charge on any atom is -0.464 e. The van der Waals surface area contributed by atoms with E-state index in [1.165, 1.54) is 0 Å². The molecule has 0 aromatic rings. The van der Waals surface area contributed by atoms with E-state index in [4.69, 9.17) is 4.74 Å². The van der Waals surface area contributed by atoms with Gasteiger partial charge in [0, 0.05) is 19.6 Å². The summed E-state index contributed by atoms with van der Waals surface area (Å²) in [7, 11) is 0. The van der Waals surface area contributed by atoms with Crippen molar-refractivity contribution in [2.24, 2.45) is 0 Å². The van der Waals surface area contributed by atoms with E-state index in [0.29, 0.717) is 19.7 Å². The standard InChI is InChI=1S/C12H20N2O3S/c1-2-17-12(16)9-8-13-5-6-14(9)11(15)10-4-3-7-18-10/h9-10,13H,2-8H2,1H3. The first-order valence-electron chi connectivity index (χ1n) is 6.53. The van der Waals surface area contributed by atoms with Crippen molar-refractivity contribution in [1.29, 1.82) is 0 Å². The topological polar surface area (TPSA) is 58.6 Å². The van der Waals surface area contributed by atoms with Crippen LogP contribution in [0.3, 0.4) is 0 Å². The maximum atomic E-state index is 12.4. The van der Waals surface area contributed by atoms with Crippen molar-refractivity contribution in [2.45, 2.75) is 31.1 Å². The highest BCUT2D eigenvalue weighted by atomic mass is 32.2. The Kier molecular flexibility index (Phi) is 4.88. The van der Waals surface area contributed by atoms with Gasteiger partial charge in [-0.2, -0.15) is 0 Å². The van der Waals surface area contributed by atoms with Crippen molar-refractivity contribution in [2.75, 3.05) is 32.0 Å². The zero-order chi connectivity index (χ0) is 13.0. The van der Waals surface area contributed by atoms with Crippen LogP contribution in [0.2, 0.25) is 0 Å². The Morgan fingerprint density at radius 2 is 2.33 bits per heavy atom. The molecule has 2 aliphatic rings. The molecule has 0 aromatic carbocycles. The van der Waals surface area contributed by atoms with Crippen molar-refractivity contribution in [1.82, 2.24) is 10.2 Å². The molecule has 2 fully saturated rings. The molecular formula is C12H20N2O3S. The minimum atomic E-state index is -0.451. The molecule has 18 heavy (non-hydrogen) atoms. The van der Waals surface area contributed by atoms with Gasteiger partial charge in [0.25, 0.3) is 0 Å². The lowest BCUT2D eigenvalue weighted by Gasteiger charge is -2.35. The van der Waals surface area contributed by atoms with Crippen LogP contribution in [0.4, 0.5) is 0 Å². The minimum absolute atomic E-state index is 0.0417. The van der Waals surface area contributed by atoms with E-state index in [-0.39, 0.29) is 17.1 Å². The summed E-state index contributed by atoms with van der Waals surface area (Å²) < 4.78 is 5.04. The van der Waals surface area contributed by atoms with Gasteiger partial charge >= 0.3 is 5.97 Å². The Hall–Kier alpha value is -0.750. The molecule has 1 N–H and O–H groups in total. The number of carbonyl (C=O) groups excluding carboxylic acids is 2. The van der Waals surface area contributed by atoms with Gasteiger partial charge in [0.05, 0.1) is 11.9 Å². The van der Waals surface area contributed by atoms with E-state index < -0.39 is 6.04 Å². The van der Waals surface area contributed by atoms with Crippen molar-refractivity contribution in [3.05, 3.63) is 0 Å². The van der Waals surface area contributed by atoms with Gasteiger partial charge in [-0.05, 0) is 25.5 Å². The van der Waals surface area contributed by atoms with Crippen LogP contribution >= 0.6 is 11.8 Å². The molecule has 1 amide bonds. The number of hydrogen-bond acceptors (Lipinski definition) is 5. The Balaban J connectivity index is 2.02. The Morgan fingerprint density at radius 3 is 3.00 bits per heavy atom. The molecule has 2 unspecified atom stereocenters. The first-order valence-corrected chi connectivity index (χ1v) is 7.58. The van der Waals surface area contributed by atoms with Gasteiger partial charge < -0.3 is 15.0 Å². The Bertz CT molecular complexity index is 318. The zero-order valence-electron chi connectivity index (χ0n) is 10.7. The fourth-order valence-electron chi connectivity index (χ4n) is 2.37. The van der Waals surface area contributed by atoms with Crippen LogP contribution in [-0.2, 0) is 14.3 Å². The van der Waals surface area contributed by atoms with Crippen LogP contribution in [0, 0.1) is 0 Å².